The number of nitriles is 1. The molecule has 0 aromatic heterocycles. The smallest absolute Gasteiger partial charge is 0.176 e. The number of allylic oxidation sites excluding steroid dienone is 1. The molecule has 0 unspecified atom stereocenters. The third kappa shape index (κ3) is 3.95. The molecule has 0 fully saturated rings. The highest BCUT2D eigenvalue weighted by atomic mass is 79.9. The quantitative estimate of drug-likeness (QED) is 0.426. The zero-order chi connectivity index (χ0) is 17.5. The molecule has 0 bridgehead atoms. The molecule has 5 heteroatoms. The number of hydrogen-bond donors (Lipinski definition) is 0. The first-order valence-corrected chi connectivity index (χ1v) is 7.70. The van der Waals surface area contributed by atoms with Crippen LogP contribution in [0.1, 0.15) is 11.1 Å². The molecule has 0 atom stereocenters. The summed E-state index contributed by atoms with van der Waals surface area (Å²) in [5, 5.41) is 9.36. The van der Waals surface area contributed by atoms with Crippen molar-refractivity contribution < 1.29 is 13.9 Å². The second kappa shape index (κ2) is 8.19. The molecular weight excluding hydrogens is 373 g/mol. The Bertz CT molecular complexity index is 863. The van der Waals surface area contributed by atoms with Crippen molar-refractivity contribution in [2.75, 3.05) is 13.7 Å². The lowest BCUT2D eigenvalue weighted by molar-refractivity contribution is 0.329. The van der Waals surface area contributed by atoms with Gasteiger partial charge in [-0.15, -0.1) is 6.42 Å². The van der Waals surface area contributed by atoms with Crippen LogP contribution in [0.25, 0.3) is 11.6 Å². The average Bonchev–Trinajstić information content (AvgIpc) is 2.59. The van der Waals surface area contributed by atoms with E-state index in [1.807, 2.05) is 6.07 Å². The minimum absolute atomic E-state index is 0.100. The molecule has 0 heterocycles. The molecule has 0 saturated heterocycles. The van der Waals surface area contributed by atoms with Crippen molar-refractivity contribution in [2.24, 2.45) is 0 Å². The van der Waals surface area contributed by atoms with Crippen LogP contribution in [0.4, 0.5) is 4.39 Å². The summed E-state index contributed by atoms with van der Waals surface area (Å²) in [5.74, 6) is 2.85. The lowest BCUT2D eigenvalue weighted by Crippen LogP contribution is -1.98. The van der Waals surface area contributed by atoms with E-state index in [4.69, 9.17) is 15.9 Å². The average molecular weight is 386 g/mol. The van der Waals surface area contributed by atoms with Gasteiger partial charge in [0, 0.05) is 5.56 Å². The monoisotopic (exact) mass is 385 g/mol. The summed E-state index contributed by atoms with van der Waals surface area (Å²) in [5.41, 5.74) is 1.11. The van der Waals surface area contributed by atoms with E-state index in [9.17, 15) is 9.65 Å². The van der Waals surface area contributed by atoms with Crippen LogP contribution in [-0.2, 0) is 0 Å². The largest absolute Gasteiger partial charge is 0.493 e. The molecule has 0 amide bonds. The van der Waals surface area contributed by atoms with Crippen LogP contribution in [0.3, 0.4) is 0 Å². The fourth-order valence-electron chi connectivity index (χ4n) is 2.09. The summed E-state index contributed by atoms with van der Waals surface area (Å²) in [6.07, 6.45) is 6.78. The van der Waals surface area contributed by atoms with Gasteiger partial charge in [0.2, 0.25) is 0 Å². The molecule has 2 aromatic carbocycles. The Morgan fingerprint density at radius 2 is 2.12 bits per heavy atom. The summed E-state index contributed by atoms with van der Waals surface area (Å²) >= 11 is 3.39. The predicted molar refractivity (Wildman–Crippen MR) is 94.9 cm³/mol. The number of terminal acetylenes is 1. The van der Waals surface area contributed by atoms with Gasteiger partial charge in [0.25, 0.3) is 0 Å². The zero-order valence-electron chi connectivity index (χ0n) is 12.8. The van der Waals surface area contributed by atoms with Gasteiger partial charge in [-0.25, -0.2) is 4.39 Å². The highest BCUT2D eigenvalue weighted by Crippen LogP contribution is 2.37. The van der Waals surface area contributed by atoms with Crippen LogP contribution >= 0.6 is 15.9 Å². The molecule has 120 valence electrons. The van der Waals surface area contributed by atoms with Crippen molar-refractivity contribution in [2.45, 2.75) is 0 Å². The van der Waals surface area contributed by atoms with Gasteiger partial charge in [0.05, 0.1) is 23.2 Å². The lowest BCUT2D eigenvalue weighted by atomic mass is 10.0. The van der Waals surface area contributed by atoms with Gasteiger partial charge in [-0.05, 0) is 45.8 Å². The second-order valence-electron chi connectivity index (χ2n) is 4.68. The number of methoxy groups -OCH3 is 1. The van der Waals surface area contributed by atoms with Crippen molar-refractivity contribution in [3.63, 3.8) is 0 Å². The number of benzene rings is 2. The number of hydrogen-bond acceptors (Lipinski definition) is 3. The van der Waals surface area contributed by atoms with Gasteiger partial charge in [-0.1, -0.05) is 24.1 Å². The maximum atomic E-state index is 13.9. The Morgan fingerprint density at radius 3 is 2.75 bits per heavy atom. The minimum Gasteiger partial charge on any atom is -0.493 e. The van der Waals surface area contributed by atoms with Gasteiger partial charge < -0.3 is 9.47 Å². The van der Waals surface area contributed by atoms with Gasteiger partial charge in [-0.2, -0.15) is 5.26 Å². The molecule has 0 N–H and O–H groups in total. The van der Waals surface area contributed by atoms with Crippen molar-refractivity contribution in [1.82, 2.24) is 0 Å². The van der Waals surface area contributed by atoms with E-state index >= 15 is 0 Å². The van der Waals surface area contributed by atoms with E-state index in [0.717, 1.165) is 0 Å². The molecule has 0 aliphatic heterocycles. The molecule has 2 rings (SSSR count). The molecule has 3 nitrogen and oxygen atoms in total. The van der Waals surface area contributed by atoms with Crippen LogP contribution < -0.4 is 9.47 Å². The van der Waals surface area contributed by atoms with Crippen molar-refractivity contribution in [3.8, 4) is 29.9 Å². The first kappa shape index (κ1) is 17.6. The molecule has 24 heavy (non-hydrogen) atoms. The Labute approximate surface area is 148 Å². The summed E-state index contributed by atoms with van der Waals surface area (Å²) in [6.45, 7) is 0.100. The number of nitrogens with zero attached hydrogens (tertiary/aromatic N) is 1. The number of ether oxygens (including phenoxy) is 2. The molecule has 0 saturated carbocycles. The maximum absolute atomic E-state index is 13.9. The molecule has 0 aliphatic carbocycles. The van der Waals surface area contributed by atoms with Crippen molar-refractivity contribution in [3.05, 3.63) is 57.8 Å². The van der Waals surface area contributed by atoms with Crippen LogP contribution in [0, 0.1) is 29.5 Å². The fraction of sp³-hybridized carbons (Fsp3) is 0.105. The SMILES string of the molecule is C#CCOc1c(Br)cc(/C=C(/C#N)c2ccccc2F)cc1OC. The van der Waals surface area contributed by atoms with Crippen LogP contribution in [0.15, 0.2) is 40.9 Å². The normalized spacial score (nSPS) is 10.6. The van der Waals surface area contributed by atoms with Gasteiger partial charge in [-0.3, -0.25) is 0 Å². The van der Waals surface area contributed by atoms with E-state index in [1.54, 1.807) is 36.4 Å². The summed E-state index contributed by atoms with van der Waals surface area (Å²) in [6, 6.07) is 11.6. The Kier molecular flexibility index (Phi) is 6.01. The first-order chi connectivity index (χ1) is 11.6. The van der Waals surface area contributed by atoms with Crippen LogP contribution in [0.2, 0.25) is 0 Å². The van der Waals surface area contributed by atoms with E-state index in [2.05, 4.69) is 21.9 Å². The molecular formula is C19H13BrFNO2. The zero-order valence-corrected chi connectivity index (χ0v) is 14.4. The van der Waals surface area contributed by atoms with Crippen molar-refractivity contribution >= 4 is 27.6 Å². The fourth-order valence-corrected chi connectivity index (χ4v) is 2.67. The number of halogens is 2. The van der Waals surface area contributed by atoms with Gasteiger partial charge in [0.15, 0.2) is 11.5 Å². The van der Waals surface area contributed by atoms with E-state index in [0.29, 0.717) is 21.5 Å². The third-order valence-electron chi connectivity index (χ3n) is 3.15. The number of rotatable bonds is 5. The van der Waals surface area contributed by atoms with E-state index < -0.39 is 5.82 Å². The minimum atomic E-state index is -0.453. The second-order valence-corrected chi connectivity index (χ2v) is 5.53. The summed E-state index contributed by atoms with van der Waals surface area (Å²) in [4.78, 5) is 0. The standard InChI is InChI=1S/C19H13BrFNO2/c1-3-8-24-19-16(20)10-13(11-18(19)23-2)9-14(12-22)15-6-4-5-7-17(15)21/h1,4-7,9-11H,8H2,2H3/b14-9-. The molecule has 0 aliphatic rings. The predicted octanol–water partition coefficient (Wildman–Crippen LogP) is 4.67. The Hall–Kier alpha value is -2.76. The van der Waals surface area contributed by atoms with Gasteiger partial charge in [0.1, 0.15) is 12.4 Å². The molecule has 2 aromatic rings. The van der Waals surface area contributed by atoms with Crippen LogP contribution in [-0.4, -0.2) is 13.7 Å². The third-order valence-corrected chi connectivity index (χ3v) is 3.74. The van der Waals surface area contributed by atoms with Gasteiger partial charge >= 0.3 is 0 Å². The molecule has 0 radical (unpaired) electrons. The highest BCUT2D eigenvalue weighted by Gasteiger charge is 2.12. The Morgan fingerprint density at radius 1 is 1.38 bits per heavy atom. The van der Waals surface area contributed by atoms with Crippen molar-refractivity contribution in [1.29, 1.82) is 5.26 Å². The van der Waals surface area contributed by atoms with Crippen LogP contribution in [0.5, 0.6) is 11.5 Å². The van der Waals surface area contributed by atoms with E-state index in [-0.39, 0.29) is 17.7 Å². The summed E-state index contributed by atoms with van der Waals surface area (Å²) in [7, 11) is 1.50. The highest BCUT2D eigenvalue weighted by molar-refractivity contribution is 9.10. The lowest BCUT2D eigenvalue weighted by Gasteiger charge is -2.12. The molecule has 0 spiro atoms. The Balaban J connectivity index is 2.49. The van der Waals surface area contributed by atoms with E-state index in [1.165, 1.54) is 13.2 Å². The maximum Gasteiger partial charge on any atom is 0.176 e. The topological polar surface area (TPSA) is 42.2 Å². The first-order valence-electron chi connectivity index (χ1n) is 6.91. The summed E-state index contributed by atoms with van der Waals surface area (Å²) < 4.78 is 25.3.